The van der Waals surface area contributed by atoms with Gasteiger partial charge in [-0.15, -0.1) is 0 Å². The molecule has 0 bridgehead atoms. The quantitative estimate of drug-likeness (QED) is 0.444. The van der Waals surface area contributed by atoms with Gasteiger partial charge in [0.1, 0.15) is 11.4 Å². The van der Waals surface area contributed by atoms with E-state index in [1.165, 1.54) is 5.43 Å². The van der Waals surface area contributed by atoms with Crippen LogP contribution in [0, 0.1) is 11.8 Å². The molecule has 3 atom stereocenters. The van der Waals surface area contributed by atoms with Crippen molar-refractivity contribution in [2.75, 3.05) is 13.1 Å². The van der Waals surface area contributed by atoms with E-state index in [0.717, 1.165) is 32.0 Å². The Morgan fingerprint density at radius 1 is 1.25 bits per heavy atom. The SMILES string of the molecule is FC(F)(F)C1=C(Cl)[NH2+]NC(NC2CC3CNC[C@H]3C2)=C1. The molecular weight excluding hydrogens is 293 g/mol. The van der Waals surface area contributed by atoms with E-state index < -0.39 is 11.7 Å². The van der Waals surface area contributed by atoms with Crippen molar-refractivity contribution >= 4 is 11.6 Å². The van der Waals surface area contributed by atoms with Gasteiger partial charge in [0.25, 0.3) is 0 Å². The highest BCUT2D eigenvalue weighted by Gasteiger charge is 2.41. The Balaban J connectivity index is 1.66. The third-order valence-corrected chi connectivity index (χ3v) is 4.53. The van der Waals surface area contributed by atoms with Gasteiger partial charge >= 0.3 is 6.18 Å². The van der Waals surface area contributed by atoms with Crippen LogP contribution in [0.2, 0.25) is 0 Å². The van der Waals surface area contributed by atoms with Gasteiger partial charge in [0.15, 0.2) is 0 Å². The van der Waals surface area contributed by atoms with Gasteiger partial charge in [-0.05, 0) is 49.4 Å². The molecule has 2 aliphatic heterocycles. The van der Waals surface area contributed by atoms with E-state index in [2.05, 4.69) is 16.1 Å². The minimum atomic E-state index is -4.43. The predicted molar refractivity (Wildman–Crippen MR) is 68.1 cm³/mol. The molecule has 3 rings (SSSR count). The number of hydrogen-bond acceptors (Lipinski definition) is 3. The van der Waals surface area contributed by atoms with E-state index in [1.54, 1.807) is 0 Å². The summed E-state index contributed by atoms with van der Waals surface area (Å²) in [6, 6.07) is 0.227. The number of nitrogens with two attached hydrogens (primary N) is 1. The molecule has 0 aromatic rings. The summed E-state index contributed by atoms with van der Waals surface area (Å²) in [6.07, 6.45) is -1.39. The molecule has 0 aromatic carbocycles. The highest BCUT2D eigenvalue weighted by atomic mass is 35.5. The van der Waals surface area contributed by atoms with Crippen LogP contribution in [-0.4, -0.2) is 25.3 Å². The Labute approximate surface area is 119 Å². The molecule has 8 heteroatoms. The lowest BCUT2D eigenvalue weighted by molar-refractivity contribution is -0.653. The first kappa shape index (κ1) is 14.0. The van der Waals surface area contributed by atoms with Gasteiger partial charge < -0.3 is 10.6 Å². The van der Waals surface area contributed by atoms with Crippen LogP contribution in [0.15, 0.2) is 22.6 Å². The predicted octanol–water partition coefficient (Wildman–Crippen LogP) is 0.510. The van der Waals surface area contributed by atoms with Crippen molar-refractivity contribution in [3.8, 4) is 0 Å². The third-order valence-electron chi connectivity index (χ3n) is 4.22. The molecule has 112 valence electrons. The zero-order valence-electron chi connectivity index (χ0n) is 10.7. The number of fused-ring (bicyclic) bond motifs is 1. The Hall–Kier alpha value is -0.920. The van der Waals surface area contributed by atoms with Gasteiger partial charge in [-0.3, -0.25) is 0 Å². The minimum Gasteiger partial charge on any atom is -0.365 e. The van der Waals surface area contributed by atoms with Gasteiger partial charge in [0.2, 0.25) is 5.16 Å². The molecule has 0 spiro atoms. The molecule has 0 radical (unpaired) electrons. The van der Waals surface area contributed by atoms with Crippen LogP contribution in [0.4, 0.5) is 13.2 Å². The standard InChI is InChI=1S/C12H16ClF3N4/c13-11-9(12(14,15)16)3-10(19-20-11)18-8-1-6-4-17-5-7(6)2-8/h3,6-8,17-20H,1-2,4-5H2/p+1/t6-,7?,8?/m1/s1. The lowest BCUT2D eigenvalue weighted by Crippen LogP contribution is -2.92. The molecule has 0 aromatic heterocycles. The van der Waals surface area contributed by atoms with E-state index in [1.807, 2.05) is 0 Å². The number of halogens is 4. The number of rotatable bonds is 2. The second kappa shape index (κ2) is 5.13. The van der Waals surface area contributed by atoms with Crippen molar-refractivity contribution in [1.29, 1.82) is 0 Å². The smallest absolute Gasteiger partial charge is 0.365 e. The lowest BCUT2D eigenvalue weighted by Gasteiger charge is -2.22. The van der Waals surface area contributed by atoms with Crippen molar-refractivity contribution in [2.45, 2.75) is 25.1 Å². The Morgan fingerprint density at radius 2 is 1.90 bits per heavy atom. The summed E-state index contributed by atoms with van der Waals surface area (Å²) in [5, 5.41) is 6.20. The van der Waals surface area contributed by atoms with Gasteiger partial charge in [0.05, 0.1) is 0 Å². The van der Waals surface area contributed by atoms with E-state index in [-0.39, 0.29) is 11.2 Å². The van der Waals surface area contributed by atoms with E-state index >= 15 is 0 Å². The van der Waals surface area contributed by atoms with E-state index in [0.29, 0.717) is 17.7 Å². The highest BCUT2D eigenvalue weighted by Crippen LogP contribution is 2.35. The Kier molecular flexibility index (Phi) is 3.60. The van der Waals surface area contributed by atoms with Crippen molar-refractivity contribution in [3.05, 3.63) is 22.6 Å². The molecule has 1 saturated carbocycles. The Bertz CT molecular complexity index is 448. The first-order chi connectivity index (χ1) is 9.43. The molecule has 4 nitrogen and oxygen atoms in total. The van der Waals surface area contributed by atoms with Gasteiger partial charge in [-0.25, -0.2) is 10.9 Å². The third kappa shape index (κ3) is 2.75. The summed E-state index contributed by atoms with van der Waals surface area (Å²) in [4.78, 5) is 0. The fourth-order valence-electron chi connectivity index (χ4n) is 3.28. The van der Waals surface area contributed by atoms with Crippen LogP contribution in [0.3, 0.4) is 0 Å². The molecule has 1 saturated heterocycles. The van der Waals surface area contributed by atoms with Gasteiger partial charge in [-0.2, -0.15) is 13.2 Å². The average Bonchev–Trinajstić information content (AvgIpc) is 2.90. The fraction of sp³-hybridized carbons (Fsp3) is 0.667. The second-order valence-corrected chi connectivity index (χ2v) is 6.00. The normalized spacial score (nSPS) is 33.8. The number of hydrogen-bond donors (Lipinski definition) is 4. The van der Waals surface area contributed by atoms with Crippen molar-refractivity contribution < 1.29 is 18.6 Å². The summed E-state index contributed by atoms with van der Waals surface area (Å²) >= 11 is 5.59. The van der Waals surface area contributed by atoms with Crippen LogP contribution >= 0.6 is 11.6 Å². The molecule has 0 amide bonds. The van der Waals surface area contributed by atoms with Crippen LogP contribution in [-0.2, 0) is 0 Å². The Morgan fingerprint density at radius 3 is 2.50 bits per heavy atom. The lowest BCUT2D eigenvalue weighted by atomic mass is 10.0. The van der Waals surface area contributed by atoms with Crippen LogP contribution in [0.1, 0.15) is 12.8 Å². The zero-order valence-corrected chi connectivity index (χ0v) is 11.5. The number of nitrogens with one attached hydrogen (secondary N) is 3. The van der Waals surface area contributed by atoms with Crippen molar-refractivity contribution in [3.63, 3.8) is 0 Å². The number of allylic oxidation sites excluding steroid dienone is 2. The zero-order chi connectivity index (χ0) is 14.3. The molecule has 2 unspecified atom stereocenters. The summed E-state index contributed by atoms with van der Waals surface area (Å²) < 4.78 is 38.4. The van der Waals surface area contributed by atoms with Crippen LogP contribution in [0.25, 0.3) is 0 Å². The van der Waals surface area contributed by atoms with Crippen molar-refractivity contribution in [1.82, 2.24) is 16.1 Å². The minimum absolute atomic E-state index is 0.227. The average molecular weight is 310 g/mol. The van der Waals surface area contributed by atoms with Crippen LogP contribution < -0.4 is 21.5 Å². The molecule has 2 heterocycles. The molecule has 1 aliphatic carbocycles. The second-order valence-electron chi connectivity index (χ2n) is 5.60. The number of quaternary nitrogens is 1. The monoisotopic (exact) mass is 309 g/mol. The summed E-state index contributed by atoms with van der Waals surface area (Å²) in [5.74, 6) is 1.66. The molecular formula is C12H17ClF3N4+. The largest absolute Gasteiger partial charge is 0.423 e. The van der Waals surface area contributed by atoms with Gasteiger partial charge in [0, 0.05) is 12.1 Å². The molecule has 2 fully saturated rings. The summed E-state index contributed by atoms with van der Waals surface area (Å²) in [7, 11) is 0. The maximum atomic E-state index is 12.8. The maximum absolute atomic E-state index is 12.8. The molecule has 3 aliphatic rings. The van der Waals surface area contributed by atoms with Gasteiger partial charge in [-0.1, -0.05) is 0 Å². The van der Waals surface area contributed by atoms with E-state index in [9.17, 15) is 13.2 Å². The van der Waals surface area contributed by atoms with Crippen LogP contribution in [0.5, 0.6) is 0 Å². The topological polar surface area (TPSA) is 52.7 Å². The first-order valence-corrected chi connectivity index (χ1v) is 7.07. The maximum Gasteiger partial charge on any atom is 0.423 e. The molecule has 20 heavy (non-hydrogen) atoms. The number of alkyl halides is 3. The summed E-state index contributed by atoms with van der Waals surface area (Å²) in [6.45, 7) is 2.03. The van der Waals surface area contributed by atoms with Crippen molar-refractivity contribution in [2.24, 2.45) is 11.8 Å². The highest BCUT2D eigenvalue weighted by molar-refractivity contribution is 6.28. The fourth-order valence-corrected chi connectivity index (χ4v) is 3.49. The van der Waals surface area contributed by atoms with E-state index in [4.69, 9.17) is 11.6 Å². The first-order valence-electron chi connectivity index (χ1n) is 6.69. The summed E-state index contributed by atoms with van der Waals surface area (Å²) in [5.41, 5.74) is 3.16. The molecule has 5 N–H and O–H groups in total.